The Morgan fingerprint density at radius 3 is 2.58 bits per heavy atom. The van der Waals surface area contributed by atoms with Crippen LogP contribution in [0.3, 0.4) is 0 Å². The summed E-state index contributed by atoms with van der Waals surface area (Å²) in [5.41, 5.74) is 0.955. The molecule has 5 rings (SSSR count). The van der Waals surface area contributed by atoms with Gasteiger partial charge < -0.3 is 24.7 Å². The average molecular weight is 541 g/mol. The van der Waals surface area contributed by atoms with Crippen molar-refractivity contribution in [1.29, 1.82) is 0 Å². The SMILES string of the molecule is CN1CCCCCCCN2C[C@@]3(CCCc4cc(Cl)ccc43)COc3ccc(cc32)[C@@](O)(C(=O)O)CC1=O. The van der Waals surface area contributed by atoms with Gasteiger partial charge in [-0.25, -0.2) is 4.79 Å². The van der Waals surface area contributed by atoms with E-state index in [0.717, 1.165) is 75.2 Å². The van der Waals surface area contributed by atoms with Gasteiger partial charge in [-0.15, -0.1) is 0 Å². The molecule has 8 heteroatoms. The van der Waals surface area contributed by atoms with E-state index in [9.17, 15) is 19.8 Å². The zero-order valence-electron chi connectivity index (χ0n) is 22.0. The van der Waals surface area contributed by atoms with Gasteiger partial charge in [0, 0.05) is 37.1 Å². The summed E-state index contributed by atoms with van der Waals surface area (Å²) < 4.78 is 6.47. The van der Waals surface area contributed by atoms with Gasteiger partial charge in [0.1, 0.15) is 5.75 Å². The molecule has 0 saturated heterocycles. The van der Waals surface area contributed by atoms with E-state index in [0.29, 0.717) is 18.9 Å². The van der Waals surface area contributed by atoms with Crippen LogP contribution < -0.4 is 9.64 Å². The number of halogens is 1. The van der Waals surface area contributed by atoms with Crippen LogP contribution in [-0.4, -0.2) is 60.3 Å². The van der Waals surface area contributed by atoms with Crippen molar-refractivity contribution < 1.29 is 24.5 Å². The number of aliphatic hydroxyl groups is 1. The molecule has 3 aliphatic rings. The number of aryl methyl sites for hydroxylation is 1. The Kier molecular flexibility index (Phi) is 7.60. The lowest BCUT2D eigenvalue weighted by Gasteiger charge is -2.41. The Morgan fingerprint density at radius 1 is 1.03 bits per heavy atom. The van der Waals surface area contributed by atoms with Crippen LogP contribution in [0.15, 0.2) is 36.4 Å². The van der Waals surface area contributed by atoms with Gasteiger partial charge >= 0.3 is 5.97 Å². The average Bonchev–Trinajstić information content (AvgIpc) is 3.04. The Hall–Kier alpha value is -2.77. The first-order chi connectivity index (χ1) is 18.2. The van der Waals surface area contributed by atoms with E-state index in [1.165, 1.54) is 16.0 Å². The maximum absolute atomic E-state index is 12.9. The van der Waals surface area contributed by atoms with E-state index in [1.54, 1.807) is 25.2 Å². The van der Waals surface area contributed by atoms with Crippen molar-refractivity contribution in [1.82, 2.24) is 4.90 Å². The lowest BCUT2D eigenvalue weighted by Crippen LogP contribution is -2.46. The number of rotatable bonds is 1. The molecule has 0 radical (unpaired) electrons. The van der Waals surface area contributed by atoms with Crippen molar-refractivity contribution in [3.63, 3.8) is 0 Å². The number of amides is 1. The lowest BCUT2D eigenvalue weighted by molar-refractivity contribution is -0.164. The van der Waals surface area contributed by atoms with Crippen molar-refractivity contribution in [3.8, 4) is 5.75 Å². The van der Waals surface area contributed by atoms with Crippen molar-refractivity contribution in [2.45, 2.75) is 68.8 Å². The quantitative estimate of drug-likeness (QED) is 0.535. The molecule has 204 valence electrons. The zero-order valence-corrected chi connectivity index (χ0v) is 22.8. The molecule has 2 heterocycles. The largest absolute Gasteiger partial charge is 0.490 e. The Morgan fingerprint density at radius 2 is 1.79 bits per heavy atom. The zero-order chi connectivity index (χ0) is 26.9. The van der Waals surface area contributed by atoms with Crippen LogP contribution in [0.2, 0.25) is 5.02 Å². The predicted molar refractivity (Wildman–Crippen MR) is 147 cm³/mol. The van der Waals surface area contributed by atoms with E-state index in [4.69, 9.17) is 16.3 Å². The first-order valence-corrected chi connectivity index (χ1v) is 14.1. The maximum Gasteiger partial charge on any atom is 0.340 e. The number of hydrogen-bond donors (Lipinski definition) is 2. The molecule has 2 aliphatic heterocycles. The third-order valence-corrected chi connectivity index (χ3v) is 8.86. The number of hydrogen-bond acceptors (Lipinski definition) is 5. The fraction of sp³-hybridized carbons (Fsp3) is 0.533. The molecular weight excluding hydrogens is 504 g/mol. The summed E-state index contributed by atoms with van der Waals surface area (Å²) in [4.78, 5) is 29.1. The standard InChI is InChI=1S/C30H37ClN2O5/c1-32-14-5-3-2-4-6-15-33-19-29(13-7-8-21-16-23(31)10-11-24(21)29)20-38-26-12-9-22(17-25(26)33)30(37,28(35)36)18-27(32)34/h9-12,16-17,37H,2-8,13-15,18-20H2,1H3,(H,35,36)/t29-,30+/m0/s1. The van der Waals surface area contributed by atoms with Crippen molar-refractivity contribution in [3.05, 3.63) is 58.1 Å². The van der Waals surface area contributed by atoms with E-state index < -0.39 is 18.0 Å². The van der Waals surface area contributed by atoms with E-state index in [2.05, 4.69) is 17.0 Å². The fourth-order valence-electron chi connectivity index (χ4n) is 6.37. The van der Waals surface area contributed by atoms with Crippen LogP contribution in [0.4, 0.5) is 5.69 Å². The minimum atomic E-state index is -2.33. The number of nitrogens with zero attached hydrogens (tertiary/aromatic N) is 2. The van der Waals surface area contributed by atoms with Crippen LogP contribution in [-0.2, 0) is 27.0 Å². The fourth-order valence-corrected chi connectivity index (χ4v) is 6.56. The summed E-state index contributed by atoms with van der Waals surface area (Å²) in [6, 6.07) is 11.2. The molecule has 2 atom stereocenters. The summed E-state index contributed by atoms with van der Waals surface area (Å²) in [6.45, 7) is 2.58. The van der Waals surface area contributed by atoms with E-state index >= 15 is 0 Å². The number of carboxylic acids is 1. The van der Waals surface area contributed by atoms with Crippen LogP contribution in [0, 0.1) is 0 Å². The molecule has 1 amide bonds. The second-order valence-electron chi connectivity index (χ2n) is 11.3. The van der Waals surface area contributed by atoms with Crippen LogP contribution >= 0.6 is 11.6 Å². The van der Waals surface area contributed by atoms with Crippen LogP contribution in [0.5, 0.6) is 5.75 Å². The molecule has 2 N–H and O–H groups in total. The minimum absolute atomic E-state index is 0.195. The molecule has 2 aromatic carbocycles. The van der Waals surface area contributed by atoms with Crippen molar-refractivity contribution in [2.24, 2.45) is 0 Å². The number of carbonyl (C=O) groups is 2. The lowest BCUT2D eigenvalue weighted by atomic mass is 9.70. The van der Waals surface area contributed by atoms with Gasteiger partial charge in [-0.3, -0.25) is 4.79 Å². The monoisotopic (exact) mass is 540 g/mol. The van der Waals surface area contributed by atoms with Gasteiger partial charge in [-0.1, -0.05) is 43.0 Å². The third kappa shape index (κ3) is 5.10. The van der Waals surface area contributed by atoms with E-state index in [1.807, 2.05) is 6.07 Å². The highest BCUT2D eigenvalue weighted by Crippen LogP contribution is 2.45. The first-order valence-electron chi connectivity index (χ1n) is 13.7. The van der Waals surface area contributed by atoms with Crippen LogP contribution in [0.25, 0.3) is 0 Å². The number of aliphatic carboxylic acids is 1. The second-order valence-corrected chi connectivity index (χ2v) is 11.7. The number of ether oxygens (including phenoxy) is 1. The first kappa shape index (κ1) is 26.8. The molecule has 1 aliphatic carbocycles. The number of benzene rings is 2. The van der Waals surface area contributed by atoms with Crippen molar-refractivity contribution >= 4 is 29.2 Å². The minimum Gasteiger partial charge on any atom is -0.490 e. The smallest absolute Gasteiger partial charge is 0.340 e. The molecular formula is C30H37ClN2O5. The Labute approximate surface area is 229 Å². The highest BCUT2D eigenvalue weighted by Gasteiger charge is 2.44. The highest BCUT2D eigenvalue weighted by atomic mass is 35.5. The molecule has 0 saturated carbocycles. The number of fused-ring (bicyclic) bond motifs is 3. The number of carbonyl (C=O) groups excluding carboxylic acids is 1. The van der Waals surface area contributed by atoms with Gasteiger partial charge in [0.05, 0.1) is 18.7 Å². The van der Waals surface area contributed by atoms with Crippen LogP contribution in [0.1, 0.15) is 68.1 Å². The van der Waals surface area contributed by atoms with Gasteiger partial charge in [-0.2, -0.15) is 0 Å². The summed E-state index contributed by atoms with van der Waals surface area (Å²) in [5.74, 6) is -1.14. The molecule has 0 unspecified atom stereocenters. The number of anilines is 1. The highest BCUT2D eigenvalue weighted by molar-refractivity contribution is 6.30. The molecule has 7 nitrogen and oxygen atoms in total. The molecule has 2 bridgehead atoms. The summed E-state index contributed by atoms with van der Waals surface area (Å²) in [5, 5.41) is 22.2. The molecule has 0 aromatic heterocycles. The van der Waals surface area contributed by atoms with E-state index in [-0.39, 0.29) is 16.9 Å². The molecule has 2 aromatic rings. The van der Waals surface area contributed by atoms with Gasteiger partial charge in [0.2, 0.25) is 5.91 Å². The number of carboxylic acid groups (broad SMARTS) is 1. The summed E-state index contributed by atoms with van der Waals surface area (Å²) in [7, 11) is 1.67. The van der Waals surface area contributed by atoms with Gasteiger partial charge in [0.15, 0.2) is 5.60 Å². The Bertz CT molecular complexity index is 1220. The van der Waals surface area contributed by atoms with Crippen molar-refractivity contribution in [2.75, 3.05) is 38.2 Å². The Balaban J connectivity index is 1.57. The summed E-state index contributed by atoms with van der Waals surface area (Å²) in [6.07, 6.45) is 7.49. The third-order valence-electron chi connectivity index (χ3n) is 8.62. The molecule has 0 fully saturated rings. The topological polar surface area (TPSA) is 90.3 Å². The molecule has 38 heavy (non-hydrogen) atoms. The second kappa shape index (κ2) is 10.8. The predicted octanol–water partition coefficient (Wildman–Crippen LogP) is 4.90. The normalized spacial score (nSPS) is 26.6. The molecule has 1 spiro atoms. The van der Waals surface area contributed by atoms with Gasteiger partial charge in [0.25, 0.3) is 0 Å². The summed E-state index contributed by atoms with van der Waals surface area (Å²) >= 11 is 6.34. The maximum atomic E-state index is 12.9. The van der Waals surface area contributed by atoms with Gasteiger partial charge in [-0.05, 0) is 73.1 Å².